The molecule has 6 rings (SSSR count). The van der Waals surface area contributed by atoms with Crippen molar-refractivity contribution in [2.75, 3.05) is 0 Å². The number of aromatic nitrogens is 1. The predicted molar refractivity (Wildman–Crippen MR) is 122 cm³/mol. The number of amides is 1. The average molecular weight is 413 g/mol. The van der Waals surface area contributed by atoms with Gasteiger partial charge in [0, 0.05) is 42.4 Å². The van der Waals surface area contributed by atoms with Crippen LogP contribution >= 0.6 is 0 Å². The van der Waals surface area contributed by atoms with E-state index >= 15 is 0 Å². The molecule has 2 saturated heterocycles. The van der Waals surface area contributed by atoms with E-state index in [1.165, 1.54) is 22.1 Å². The first kappa shape index (κ1) is 18.9. The molecule has 0 radical (unpaired) electrons. The van der Waals surface area contributed by atoms with Crippen LogP contribution < -0.4 is 4.74 Å². The predicted octanol–water partition coefficient (Wildman–Crippen LogP) is 5.52. The van der Waals surface area contributed by atoms with Gasteiger partial charge in [-0.15, -0.1) is 0 Å². The molecule has 2 aromatic carbocycles. The highest BCUT2D eigenvalue weighted by atomic mass is 16.5. The average Bonchev–Trinajstić information content (AvgIpc) is 3.60. The first-order valence-corrected chi connectivity index (χ1v) is 11.6. The third kappa shape index (κ3) is 3.38. The van der Waals surface area contributed by atoms with E-state index in [1.807, 2.05) is 12.3 Å². The zero-order valence-corrected chi connectivity index (χ0v) is 18.0. The van der Waals surface area contributed by atoms with E-state index in [2.05, 4.69) is 59.3 Å². The van der Waals surface area contributed by atoms with Crippen molar-refractivity contribution >= 4 is 16.8 Å². The molecule has 158 valence electrons. The first-order chi connectivity index (χ1) is 15.2. The number of carbonyl (C=O) groups excluding carboxylic acids is 1. The maximum Gasteiger partial charge on any atom is 0.226 e. The van der Waals surface area contributed by atoms with Crippen LogP contribution in [0.2, 0.25) is 0 Å². The van der Waals surface area contributed by atoms with E-state index in [4.69, 9.17) is 4.74 Å². The highest BCUT2D eigenvalue weighted by Crippen LogP contribution is 2.42. The lowest BCUT2D eigenvalue weighted by Gasteiger charge is -2.39. The number of ether oxygens (including phenoxy) is 1. The minimum absolute atomic E-state index is 0.207. The molecule has 3 atom stereocenters. The van der Waals surface area contributed by atoms with E-state index < -0.39 is 0 Å². The number of benzene rings is 2. The van der Waals surface area contributed by atoms with Gasteiger partial charge in [-0.25, -0.2) is 0 Å². The first-order valence-electron chi connectivity index (χ1n) is 11.6. The standard InChI is InChI=1S/C27H28N2O2/c1-17-25(13-8-19-3-2-14-28-26(17)19)18-6-11-23(12-7-18)31-24-15-21-9-10-22(16-24)29(21)27(30)20-4-5-20/h2-3,6-8,11-14,20-22,24H,4-5,9-10,15-16H2,1H3/t21-,22?,24+/m1/s1. The van der Waals surface area contributed by atoms with Gasteiger partial charge in [0.1, 0.15) is 11.9 Å². The Labute approximate surface area is 183 Å². The van der Waals surface area contributed by atoms with Gasteiger partial charge in [-0.3, -0.25) is 9.78 Å². The van der Waals surface area contributed by atoms with E-state index in [0.717, 1.165) is 49.8 Å². The van der Waals surface area contributed by atoms with Crippen LogP contribution in [0.5, 0.6) is 5.75 Å². The Hall–Kier alpha value is -2.88. The lowest BCUT2D eigenvalue weighted by Crippen LogP contribution is -2.49. The molecule has 1 aliphatic carbocycles. The number of pyridine rings is 1. The molecule has 0 spiro atoms. The lowest BCUT2D eigenvalue weighted by atomic mass is 9.97. The molecule has 2 aliphatic heterocycles. The van der Waals surface area contributed by atoms with Crippen LogP contribution in [-0.4, -0.2) is 34.0 Å². The summed E-state index contributed by atoms with van der Waals surface area (Å²) < 4.78 is 6.38. The van der Waals surface area contributed by atoms with Crippen molar-refractivity contribution in [3.05, 3.63) is 60.3 Å². The number of fused-ring (bicyclic) bond motifs is 3. The molecule has 0 N–H and O–H groups in total. The second-order valence-electron chi connectivity index (χ2n) is 9.45. The Bertz CT molecular complexity index is 1120. The third-order valence-electron chi connectivity index (χ3n) is 7.37. The number of piperidine rings is 1. The molecular weight excluding hydrogens is 384 g/mol. The molecule has 4 nitrogen and oxygen atoms in total. The van der Waals surface area contributed by atoms with Gasteiger partial charge in [-0.05, 0) is 67.5 Å². The molecule has 3 fully saturated rings. The molecule has 4 heteroatoms. The Kier molecular flexibility index (Phi) is 4.48. The summed E-state index contributed by atoms with van der Waals surface area (Å²) in [4.78, 5) is 19.4. The van der Waals surface area contributed by atoms with Crippen LogP contribution in [0.1, 0.15) is 44.1 Å². The van der Waals surface area contributed by atoms with Crippen molar-refractivity contribution in [1.82, 2.24) is 9.88 Å². The monoisotopic (exact) mass is 412 g/mol. The van der Waals surface area contributed by atoms with Gasteiger partial charge in [0.25, 0.3) is 0 Å². The molecule has 3 aromatic rings. The summed E-state index contributed by atoms with van der Waals surface area (Å²) in [6, 6.07) is 17.6. The fourth-order valence-corrected chi connectivity index (χ4v) is 5.63. The van der Waals surface area contributed by atoms with E-state index in [1.54, 1.807) is 0 Å². The van der Waals surface area contributed by atoms with Crippen molar-refractivity contribution in [3.63, 3.8) is 0 Å². The smallest absolute Gasteiger partial charge is 0.226 e. The van der Waals surface area contributed by atoms with Crippen LogP contribution in [0, 0.1) is 12.8 Å². The second kappa shape index (κ2) is 7.37. The molecule has 3 aliphatic rings. The maximum atomic E-state index is 12.6. The van der Waals surface area contributed by atoms with Crippen molar-refractivity contribution in [2.45, 2.75) is 63.6 Å². The quantitative estimate of drug-likeness (QED) is 0.567. The maximum absolute atomic E-state index is 12.6. The summed E-state index contributed by atoms with van der Waals surface area (Å²) in [5.74, 6) is 1.66. The van der Waals surface area contributed by atoms with E-state index in [0.29, 0.717) is 23.9 Å². The summed E-state index contributed by atoms with van der Waals surface area (Å²) in [5, 5.41) is 1.17. The largest absolute Gasteiger partial charge is 0.490 e. The fraction of sp³-hybridized carbons (Fsp3) is 0.407. The fourth-order valence-electron chi connectivity index (χ4n) is 5.63. The molecule has 1 unspecified atom stereocenters. The van der Waals surface area contributed by atoms with Gasteiger partial charge < -0.3 is 9.64 Å². The minimum atomic E-state index is 0.207. The Morgan fingerprint density at radius 2 is 1.71 bits per heavy atom. The number of hydrogen-bond acceptors (Lipinski definition) is 3. The van der Waals surface area contributed by atoms with Crippen LogP contribution in [0.15, 0.2) is 54.7 Å². The molecule has 1 amide bonds. The van der Waals surface area contributed by atoms with Gasteiger partial charge in [0.15, 0.2) is 0 Å². The van der Waals surface area contributed by atoms with Crippen molar-refractivity contribution in [3.8, 4) is 16.9 Å². The van der Waals surface area contributed by atoms with Crippen LogP contribution in [0.25, 0.3) is 22.0 Å². The van der Waals surface area contributed by atoms with Gasteiger partial charge in [0.2, 0.25) is 5.91 Å². The summed E-state index contributed by atoms with van der Waals surface area (Å²) in [6.45, 7) is 2.14. The topological polar surface area (TPSA) is 42.4 Å². The van der Waals surface area contributed by atoms with Crippen LogP contribution in [0.3, 0.4) is 0 Å². The Morgan fingerprint density at radius 1 is 0.968 bits per heavy atom. The van der Waals surface area contributed by atoms with Crippen molar-refractivity contribution in [2.24, 2.45) is 5.92 Å². The van der Waals surface area contributed by atoms with E-state index in [-0.39, 0.29) is 6.10 Å². The molecule has 1 aromatic heterocycles. The second-order valence-corrected chi connectivity index (χ2v) is 9.45. The van der Waals surface area contributed by atoms with E-state index in [9.17, 15) is 4.79 Å². The number of nitrogens with zero attached hydrogens (tertiary/aromatic N) is 2. The van der Waals surface area contributed by atoms with Gasteiger partial charge in [-0.1, -0.05) is 30.3 Å². The Balaban J connectivity index is 1.17. The van der Waals surface area contributed by atoms with Gasteiger partial charge >= 0.3 is 0 Å². The highest BCUT2D eigenvalue weighted by molar-refractivity contribution is 5.88. The summed E-state index contributed by atoms with van der Waals surface area (Å²) in [7, 11) is 0. The van der Waals surface area contributed by atoms with Crippen molar-refractivity contribution < 1.29 is 9.53 Å². The van der Waals surface area contributed by atoms with Gasteiger partial charge in [0.05, 0.1) is 5.52 Å². The zero-order chi connectivity index (χ0) is 20.9. The lowest BCUT2D eigenvalue weighted by molar-refractivity contribution is -0.138. The minimum Gasteiger partial charge on any atom is -0.490 e. The molecule has 31 heavy (non-hydrogen) atoms. The van der Waals surface area contributed by atoms with Crippen LogP contribution in [-0.2, 0) is 4.79 Å². The Morgan fingerprint density at radius 3 is 2.42 bits per heavy atom. The molecular formula is C27H28N2O2. The summed E-state index contributed by atoms with van der Waals surface area (Å²) in [6.07, 6.45) is 8.44. The van der Waals surface area contributed by atoms with Crippen LogP contribution in [0.4, 0.5) is 0 Å². The number of rotatable bonds is 4. The molecule has 3 heterocycles. The summed E-state index contributed by atoms with van der Waals surface area (Å²) in [5.41, 5.74) is 4.66. The normalized spacial score (nSPS) is 25.1. The number of carbonyl (C=O) groups is 1. The van der Waals surface area contributed by atoms with Crippen molar-refractivity contribution in [1.29, 1.82) is 0 Å². The number of hydrogen-bond donors (Lipinski definition) is 0. The molecule has 1 saturated carbocycles. The number of aryl methyl sites for hydroxylation is 1. The van der Waals surface area contributed by atoms with Gasteiger partial charge in [-0.2, -0.15) is 0 Å². The zero-order valence-electron chi connectivity index (χ0n) is 18.0. The third-order valence-corrected chi connectivity index (χ3v) is 7.37. The SMILES string of the molecule is Cc1c(-c2ccc(O[C@@H]3CC4CC[C@H](C3)N4C(=O)C3CC3)cc2)ccc2cccnc12. The molecule has 2 bridgehead atoms. The highest BCUT2D eigenvalue weighted by Gasteiger charge is 2.47. The summed E-state index contributed by atoms with van der Waals surface area (Å²) >= 11 is 0.